The Kier molecular flexibility index (Phi) is 43.8. The third kappa shape index (κ3) is 48.9. The lowest BCUT2D eigenvalue weighted by Gasteiger charge is -2.24. The molecule has 2 atom stereocenters. The lowest BCUT2D eigenvalue weighted by molar-refractivity contribution is -0.870. The molecule has 0 aliphatic heterocycles. The summed E-state index contributed by atoms with van der Waals surface area (Å²) in [7, 11) is 1.43. The van der Waals surface area contributed by atoms with Crippen LogP contribution in [0.2, 0.25) is 0 Å². The smallest absolute Gasteiger partial charge is 0.462 e. The van der Waals surface area contributed by atoms with E-state index in [1.165, 1.54) is 116 Å². The minimum atomic E-state index is -4.40. The molecule has 0 aliphatic carbocycles. The van der Waals surface area contributed by atoms with Gasteiger partial charge in [-0.3, -0.25) is 18.6 Å². The zero-order chi connectivity index (χ0) is 47.1. The maximum absolute atomic E-state index is 12.7. The predicted molar refractivity (Wildman–Crippen MR) is 270 cm³/mol. The molecule has 0 aromatic rings. The van der Waals surface area contributed by atoms with Gasteiger partial charge in [-0.1, -0.05) is 215 Å². The van der Waals surface area contributed by atoms with Gasteiger partial charge in [-0.05, 0) is 51.4 Å². The molecule has 0 saturated carbocycles. The Labute approximate surface area is 393 Å². The van der Waals surface area contributed by atoms with Crippen molar-refractivity contribution < 1.29 is 42.1 Å². The van der Waals surface area contributed by atoms with Gasteiger partial charge in [0.1, 0.15) is 19.8 Å². The summed E-state index contributed by atoms with van der Waals surface area (Å²) in [5.74, 6) is -0.893. The molecule has 1 unspecified atom stereocenters. The van der Waals surface area contributed by atoms with E-state index < -0.39 is 26.5 Å². The minimum absolute atomic E-state index is 0.0161. The molecule has 0 aromatic carbocycles. The van der Waals surface area contributed by atoms with Crippen LogP contribution in [0.4, 0.5) is 0 Å². The molecule has 10 heteroatoms. The average molecular weight is 919 g/mol. The van der Waals surface area contributed by atoms with Gasteiger partial charge in [0, 0.05) is 12.8 Å². The van der Waals surface area contributed by atoms with Crippen molar-refractivity contribution in [3.63, 3.8) is 0 Å². The van der Waals surface area contributed by atoms with E-state index in [4.69, 9.17) is 18.5 Å². The number of rotatable bonds is 46. The zero-order valence-corrected chi connectivity index (χ0v) is 42.6. The van der Waals surface area contributed by atoms with Gasteiger partial charge in [0.05, 0.1) is 27.7 Å². The van der Waals surface area contributed by atoms with E-state index in [9.17, 15) is 19.0 Å². The molecule has 0 saturated heterocycles. The molecule has 370 valence electrons. The van der Waals surface area contributed by atoms with Crippen LogP contribution in [-0.4, -0.2) is 74.9 Å². The van der Waals surface area contributed by atoms with Gasteiger partial charge in [0.25, 0.3) is 0 Å². The lowest BCUT2D eigenvalue weighted by atomic mass is 10.0. The zero-order valence-electron chi connectivity index (χ0n) is 41.7. The molecule has 0 amide bonds. The largest absolute Gasteiger partial charge is 0.472 e. The number of phosphoric ester groups is 1. The number of allylic oxidation sites excluding steroid dienone is 12. The highest BCUT2D eigenvalue weighted by atomic mass is 31.2. The minimum Gasteiger partial charge on any atom is -0.462 e. The van der Waals surface area contributed by atoms with E-state index in [-0.39, 0.29) is 32.0 Å². The molecule has 64 heavy (non-hydrogen) atoms. The summed E-state index contributed by atoms with van der Waals surface area (Å²) in [5, 5.41) is 0. The highest BCUT2D eigenvalue weighted by Gasteiger charge is 2.27. The summed E-state index contributed by atoms with van der Waals surface area (Å²) in [6.07, 6.45) is 58.4. The Morgan fingerprint density at radius 1 is 0.500 bits per heavy atom. The standard InChI is InChI=1S/C54H96NO8P/c1-6-8-10-12-14-16-18-20-22-24-26-27-29-30-32-34-36-38-40-42-44-46-53(56)60-50-52(51-62-64(58,59)61-49-48-55(3,4)5)63-54(57)47-45-43-41-39-37-35-33-31-28-25-23-21-19-17-15-13-11-9-7-2/h9,11,15,17,21,23,28,31,35,37,41,43,52H,6-8,10,12-14,16,18-20,22,24-27,29-30,32-34,36,38-40,42,44-51H2,1-5H3/p+1/b11-9-,17-15-,23-21-,31-28-,37-35-,43-41-/t52-/m1/s1. The number of phosphoric acid groups is 1. The normalized spacial score (nSPS) is 14.0. The summed E-state index contributed by atoms with van der Waals surface area (Å²) in [6, 6.07) is 0. The molecule has 0 radical (unpaired) electrons. The first-order chi connectivity index (χ1) is 31.0. The number of hydrogen-bond acceptors (Lipinski definition) is 7. The fourth-order valence-electron chi connectivity index (χ4n) is 6.81. The van der Waals surface area contributed by atoms with Gasteiger partial charge in [-0.2, -0.15) is 0 Å². The van der Waals surface area contributed by atoms with Crippen LogP contribution in [0.25, 0.3) is 0 Å². The van der Waals surface area contributed by atoms with Crippen molar-refractivity contribution in [3.05, 3.63) is 72.9 Å². The van der Waals surface area contributed by atoms with Gasteiger partial charge in [-0.15, -0.1) is 0 Å². The van der Waals surface area contributed by atoms with Crippen LogP contribution in [0.3, 0.4) is 0 Å². The Morgan fingerprint density at radius 3 is 1.30 bits per heavy atom. The molecule has 0 aliphatic rings. The molecule has 0 bridgehead atoms. The number of esters is 2. The Morgan fingerprint density at radius 2 is 0.891 bits per heavy atom. The van der Waals surface area contributed by atoms with E-state index in [0.717, 1.165) is 57.8 Å². The van der Waals surface area contributed by atoms with Crippen LogP contribution in [0.15, 0.2) is 72.9 Å². The third-order valence-corrected chi connectivity index (χ3v) is 11.7. The van der Waals surface area contributed by atoms with Crippen LogP contribution in [-0.2, 0) is 32.7 Å². The molecular formula is C54H97NO8P+. The summed E-state index contributed by atoms with van der Waals surface area (Å²) >= 11 is 0. The summed E-state index contributed by atoms with van der Waals surface area (Å²) < 4.78 is 34.3. The van der Waals surface area contributed by atoms with E-state index in [1.54, 1.807) is 0 Å². The highest BCUT2D eigenvalue weighted by molar-refractivity contribution is 7.47. The van der Waals surface area contributed by atoms with E-state index >= 15 is 0 Å². The summed E-state index contributed by atoms with van der Waals surface area (Å²) in [5.41, 5.74) is 0. The number of carbonyl (C=O) groups excluding carboxylic acids is 2. The quantitative estimate of drug-likeness (QED) is 0.0211. The molecule has 0 aromatic heterocycles. The molecule has 1 N–H and O–H groups in total. The number of nitrogens with zero attached hydrogens (tertiary/aromatic N) is 1. The van der Waals surface area contributed by atoms with Crippen molar-refractivity contribution in [1.82, 2.24) is 0 Å². The molecule has 0 rings (SSSR count). The van der Waals surface area contributed by atoms with Crippen LogP contribution in [0.5, 0.6) is 0 Å². The van der Waals surface area contributed by atoms with Crippen LogP contribution in [0, 0.1) is 0 Å². The second-order valence-electron chi connectivity index (χ2n) is 18.2. The van der Waals surface area contributed by atoms with Gasteiger partial charge in [0.15, 0.2) is 6.10 Å². The first-order valence-electron chi connectivity index (χ1n) is 25.7. The SMILES string of the molecule is CC/C=C\C/C=C\C/C=C\C/C=C\C/C=C\C/C=C\CCC(=O)O[C@H](COC(=O)CCCCCCCCCCCCCCCCCCCCCCC)COP(=O)(O)OCC[N+](C)(C)C. The molecule has 0 fully saturated rings. The molecule has 0 heterocycles. The second-order valence-corrected chi connectivity index (χ2v) is 19.6. The van der Waals surface area contributed by atoms with Gasteiger partial charge >= 0.3 is 19.8 Å². The van der Waals surface area contributed by atoms with Crippen molar-refractivity contribution in [2.75, 3.05) is 47.5 Å². The Bertz CT molecular complexity index is 1310. The average Bonchev–Trinajstić information content (AvgIpc) is 3.25. The maximum atomic E-state index is 12.7. The Hall–Kier alpha value is -2.55. The Balaban J connectivity index is 4.34. The fraction of sp³-hybridized carbons (Fsp3) is 0.741. The summed E-state index contributed by atoms with van der Waals surface area (Å²) in [6.45, 7) is 4.24. The second kappa shape index (κ2) is 45.6. The van der Waals surface area contributed by atoms with E-state index in [1.807, 2.05) is 33.3 Å². The van der Waals surface area contributed by atoms with Crippen molar-refractivity contribution in [1.29, 1.82) is 0 Å². The van der Waals surface area contributed by atoms with E-state index in [0.29, 0.717) is 17.4 Å². The highest BCUT2D eigenvalue weighted by Crippen LogP contribution is 2.43. The first kappa shape index (κ1) is 61.5. The van der Waals surface area contributed by atoms with Crippen LogP contribution >= 0.6 is 7.82 Å². The number of unbranched alkanes of at least 4 members (excludes halogenated alkanes) is 20. The lowest BCUT2D eigenvalue weighted by Crippen LogP contribution is -2.37. The monoisotopic (exact) mass is 919 g/mol. The number of hydrogen-bond donors (Lipinski definition) is 1. The maximum Gasteiger partial charge on any atom is 0.472 e. The van der Waals surface area contributed by atoms with Crippen molar-refractivity contribution >= 4 is 19.8 Å². The molecule has 9 nitrogen and oxygen atoms in total. The van der Waals surface area contributed by atoms with Crippen molar-refractivity contribution in [2.24, 2.45) is 0 Å². The van der Waals surface area contributed by atoms with Crippen molar-refractivity contribution in [2.45, 2.75) is 213 Å². The molecule has 0 spiro atoms. The number of likely N-dealkylation sites (N-methyl/N-ethyl adjacent to an activating group) is 1. The summed E-state index contributed by atoms with van der Waals surface area (Å²) in [4.78, 5) is 35.5. The molecular weight excluding hydrogens is 822 g/mol. The van der Waals surface area contributed by atoms with Gasteiger partial charge in [0.2, 0.25) is 0 Å². The van der Waals surface area contributed by atoms with E-state index in [2.05, 4.69) is 74.6 Å². The first-order valence-corrected chi connectivity index (χ1v) is 27.2. The predicted octanol–water partition coefficient (Wildman–Crippen LogP) is 15.4. The number of quaternary nitrogens is 1. The van der Waals surface area contributed by atoms with Gasteiger partial charge < -0.3 is 18.9 Å². The number of ether oxygens (including phenoxy) is 2. The van der Waals surface area contributed by atoms with Gasteiger partial charge in [-0.25, -0.2) is 4.57 Å². The van der Waals surface area contributed by atoms with Crippen LogP contribution < -0.4 is 0 Å². The topological polar surface area (TPSA) is 108 Å². The number of carbonyl (C=O) groups is 2. The van der Waals surface area contributed by atoms with Crippen molar-refractivity contribution in [3.8, 4) is 0 Å². The van der Waals surface area contributed by atoms with Crippen LogP contribution in [0.1, 0.15) is 206 Å². The fourth-order valence-corrected chi connectivity index (χ4v) is 7.55. The third-order valence-electron chi connectivity index (χ3n) is 10.8.